The van der Waals surface area contributed by atoms with Gasteiger partial charge in [-0.05, 0) is 104 Å². The predicted molar refractivity (Wildman–Crippen MR) is 142 cm³/mol. The fourth-order valence-corrected chi connectivity index (χ4v) is 10.3. The van der Waals surface area contributed by atoms with Crippen molar-refractivity contribution in [3.63, 3.8) is 0 Å². The average molecular weight is 497 g/mol. The molecule has 4 nitrogen and oxygen atoms in total. The zero-order valence-corrected chi connectivity index (χ0v) is 23.9. The lowest BCUT2D eigenvalue weighted by molar-refractivity contribution is -0.175. The first kappa shape index (κ1) is 26.0. The molecule has 4 aliphatic carbocycles. The van der Waals surface area contributed by atoms with Gasteiger partial charge in [0.25, 0.3) is 0 Å². The van der Waals surface area contributed by atoms with Crippen molar-refractivity contribution in [1.29, 1.82) is 0 Å². The Morgan fingerprint density at radius 1 is 1.11 bits per heavy atom. The minimum Gasteiger partial charge on any atom is -0.462 e. The predicted octanol–water partition coefficient (Wildman–Crippen LogP) is 7.42. The Labute approximate surface area is 218 Å². The van der Waals surface area contributed by atoms with Crippen molar-refractivity contribution >= 4 is 11.9 Å². The Morgan fingerprint density at radius 3 is 2.47 bits per heavy atom. The summed E-state index contributed by atoms with van der Waals surface area (Å²) in [6, 6.07) is 0. The van der Waals surface area contributed by atoms with E-state index in [-0.39, 0.29) is 45.8 Å². The standard InChI is InChI=1S/C32H48O4/c1-19(17-22-18-20(2)28(34)36-22)23-11-15-32(8)25-9-10-26-29(4,5)27(35-21(3)33)13-14-30(26,6)24(25)12-16-31(23,32)7/h9,18-19,22-24,26-27H,10-17H2,1-8H3. The molecule has 0 saturated heterocycles. The van der Waals surface area contributed by atoms with Gasteiger partial charge < -0.3 is 9.47 Å². The Morgan fingerprint density at radius 2 is 1.83 bits per heavy atom. The summed E-state index contributed by atoms with van der Waals surface area (Å²) in [6.45, 7) is 18.2. The molecule has 0 radical (unpaired) electrons. The zero-order chi connectivity index (χ0) is 26.3. The quantitative estimate of drug-likeness (QED) is 0.300. The second-order valence-corrected chi connectivity index (χ2v) is 14.4. The van der Waals surface area contributed by atoms with Gasteiger partial charge in [-0.15, -0.1) is 0 Å². The first-order chi connectivity index (χ1) is 16.7. The van der Waals surface area contributed by atoms with Crippen LogP contribution in [0.1, 0.15) is 107 Å². The van der Waals surface area contributed by atoms with Crippen LogP contribution in [0.4, 0.5) is 0 Å². The van der Waals surface area contributed by atoms with E-state index in [1.165, 1.54) is 25.7 Å². The van der Waals surface area contributed by atoms with Crippen LogP contribution in [0.25, 0.3) is 0 Å². The summed E-state index contributed by atoms with van der Waals surface area (Å²) in [4.78, 5) is 23.8. The summed E-state index contributed by atoms with van der Waals surface area (Å²) < 4.78 is 11.5. The Hall–Kier alpha value is -1.58. The summed E-state index contributed by atoms with van der Waals surface area (Å²) in [5.41, 5.74) is 3.27. The molecule has 200 valence electrons. The molecular formula is C32H48O4. The monoisotopic (exact) mass is 496 g/mol. The fraction of sp³-hybridized carbons (Fsp3) is 0.812. The number of ether oxygens (including phenoxy) is 2. The van der Waals surface area contributed by atoms with E-state index in [0.29, 0.717) is 23.7 Å². The van der Waals surface area contributed by atoms with E-state index >= 15 is 0 Å². The lowest BCUT2D eigenvalue weighted by atomic mass is 9.41. The molecule has 1 aliphatic heterocycles. The zero-order valence-electron chi connectivity index (χ0n) is 23.9. The summed E-state index contributed by atoms with van der Waals surface area (Å²) in [6.07, 6.45) is 13.9. The third-order valence-electron chi connectivity index (χ3n) is 12.5. The molecule has 3 fully saturated rings. The Bertz CT molecular complexity index is 1010. The highest BCUT2D eigenvalue weighted by Crippen LogP contribution is 2.73. The van der Waals surface area contributed by atoms with Crippen LogP contribution in [0.3, 0.4) is 0 Å². The minimum absolute atomic E-state index is 0.0144. The number of hydrogen-bond acceptors (Lipinski definition) is 4. The maximum absolute atomic E-state index is 11.9. The van der Waals surface area contributed by atoms with Crippen LogP contribution in [0.2, 0.25) is 0 Å². The number of carbonyl (C=O) groups is 2. The van der Waals surface area contributed by atoms with Gasteiger partial charge in [-0.25, -0.2) is 4.79 Å². The molecule has 1 heterocycles. The molecule has 3 saturated carbocycles. The molecule has 0 N–H and O–H groups in total. The largest absolute Gasteiger partial charge is 0.462 e. The molecule has 36 heavy (non-hydrogen) atoms. The SMILES string of the molecule is CC(=O)OC1CCC2(C)C3CCC4(C)C(C(C)CC5C=C(C)C(=O)O5)CCC4(C)C3=CCC2C1(C)C. The highest BCUT2D eigenvalue weighted by molar-refractivity contribution is 5.90. The van der Waals surface area contributed by atoms with Crippen molar-refractivity contribution < 1.29 is 19.1 Å². The first-order valence-electron chi connectivity index (χ1n) is 14.5. The normalized spacial score (nSPS) is 46.0. The van der Waals surface area contributed by atoms with Gasteiger partial charge in [-0.1, -0.05) is 53.2 Å². The molecule has 0 aromatic carbocycles. The number of cyclic esters (lactones) is 1. The summed E-state index contributed by atoms with van der Waals surface area (Å²) in [5, 5.41) is 0. The van der Waals surface area contributed by atoms with Gasteiger partial charge in [-0.3, -0.25) is 4.79 Å². The summed E-state index contributed by atoms with van der Waals surface area (Å²) >= 11 is 0. The van der Waals surface area contributed by atoms with Crippen molar-refractivity contribution in [2.45, 2.75) is 119 Å². The molecule has 4 heteroatoms. The minimum atomic E-state index is -0.145. The van der Waals surface area contributed by atoms with E-state index in [4.69, 9.17) is 9.47 Å². The van der Waals surface area contributed by atoms with E-state index in [1.54, 1.807) is 12.5 Å². The van der Waals surface area contributed by atoms with Crippen LogP contribution in [-0.2, 0) is 19.1 Å². The molecule has 0 aromatic heterocycles. The lowest BCUT2D eigenvalue weighted by Crippen LogP contribution is -2.58. The third-order valence-corrected chi connectivity index (χ3v) is 12.5. The maximum Gasteiger partial charge on any atom is 0.334 e. The van der Waals surface area contributed by atoms with Crippen LogP contribution < -0.4 is 0 Å². The fourth-order valence-electron chi connectivity index (χ4n) is 10.3. The van der Waals surface area contributed by atoms with Crippen LogP contribution in [0.5, 0.6) is 0 Å². The number of esters is 2. The number of hydrogen-bond donors (Lipinski definition) is 0. The average Bonchev–Trinajstić information content (AvgIpc) is 3.24. The summed E-state index contributed by atoms with van der Waals surface area (Å²) in [7, 11) is 0. The Kier molecular flexibility index (Phi) is 6.12. The van der Waals surface area contributed by atoms with E-state index in [2.05, 4.69) is 47.6 Å². The van der Waals surface area contributed by atoms with Crippen LogP contribution in [-0.4, -0.2) is 24.1 Å². The number of fused-ring (bicyclic) bond motifs is 5. The molecule has 0 bridgehead atoms. The van der Waals surface area contributed by atoms with Gasteiger partial charge in [0.15, 0.2) is 0 Å². The third kappa shape index (κ3) is 3.59. The van der Waals surface area contributed by atoms with E-state index in [9.17, 15) is 9.59 Å². The molecule has 9 unspecified atom stereocenters. The van der Waals surface area contributed by atoms with Crippen molar-refractivity contribution in [1.82, 2.24) is 0 Å². The van der Waals surface area contributed by atoms with Crippen molar-refractivity contribution in [2.24, 2.45) is 45.3 Å². The summed E-state index contributed by atoms with van der Waals surface area (Å²) in [5.74, 6) is 2.05. The van der Waals surface area contributed by atoms with E-state index < -0.39 is 0 Å². The first-order valence-corrected chi connectivity index (χ1v) is 14.5. The van der Waals surface area contributed by atoms with Crippen LogP contribution in [0, 0.1) is 45.3 Å². The molecule has 0 spiro atoms. The van der Waals surface area contributed by atoms with Gasteiger partial charge in [0.2, 0.25) is 0 Å². The van der Waals surface area contributed by atoms with Gasteiger partial charge >= 0.3 is 11.9 Å². The smallest absolute Gasteiger partial charge is 0.334 e. The van der Waals surface area contributed by atoms with E-state index in [0.717, 1.165) is 31.3 Å². The van der Waals surface area contributed by atoms with Crippen molar-refractivity contribution in [3.05, 3.63) is 23.3 Å². The van der Waals surface area contributed by atoms with Crippen molar-refractivity contribution in [3.8, 4) is 0 Å². The molecule has 5 aliphatic rings. The molecule has 9 atom stereocenters. The highest BCUT2D eigenvalue weighted by Gasteiger charge is 2.65. The van der Waals surface area contributed by atoms with Gasteiger partial charge in [-0.2, -0.15) is 0 Å². The number of allylic oxidation sites excluding steroid dienone is 2. The Balaban J connectivity index is 1.40. The molecular weight excluding hydrogens is 448 g/mol. The second kappa shape index (κ2) is 8.46. The second-order valence-electron chi connectivity index (χ2n) is 14.4. The van der Waals surface area contributed by atoms with Gasteiger partial charge in [0, 0.05) is 17.9 Å². The van der Waals surface area contributed by atoms with Crippen LogP contribution in [0.15, 0.2) is 23.3 Å². The highest BCUT2D eigenvalue weighted by atomic mass is 16.5. The number of carbonyl (C=O) groups excluding carboxylic acids is 2. The maximum atomic E-state index is 11.9. The molecule has 0 aromatic rings. The van der Waals surface area contributed by atoms with Gasteiger partial charge in [0.1, 0.15) is 12.2 Å². The van der Waals surface area contributed by atoms with E-state index in [1.807, 2.05) is 13.0 Å². The van der Waals surface area contributed by atoms with Crippen molar-refractivity contribution in [2.75, 3.05) is 0 Å². The molecule has 5 rings (SSSR count). The number of rotatable bonds is 4. The molecule has 0 amide bonds. The van der Waals surface area contributed by atoms with Gasteiger partial charge in [0.05, 0.1) is 0 Å². The topological polar surface area (TPSA) is 52.6 Å². The lowest BCUT2D eigenvalue weighted by Gasteiger charge is -2.64. The van der Waals surface area contributed by atoms with Crippen LogP contribution >= 0.6 is 0 Å².